The minimum Gasteiger partial charge on any atom is -0.396 e. The van der Waals surface area contributed by atoms with Crippen molar-refractivity contribution in [2.75, 3.05) is 6.61 Å². The van der Waals surface area contributed by atoms with Crippen LogP contribution < -0.4 is 0 Å². The van der Waals surface area contributed by atoms with Crippen molar-refractivity contribution in [3.8, 4) is 0 Å². The largest absolute Gasteiger partial charge is 0.396 e. The molecule has 0 aromatic carbocycles. The molecule has 3 nitrogen and oxygen atoms in total. The molecule has 24 heavy (non-hydrogen) atoms. The molecule has 4 aliphatic carbocycles. The first kappa shape index (κ1) is 17.8. The topological polar surface area (TPSA) is 60.7 Å². The van der Waals surface area contributed by atoms with Gasteiger partial charge in [-0.05, 0) is 80.5 Å². The lowest BCUT2D eigenvalue weighted by atomic mass is 9.43. The van der Waals surface area contributed by atoms with E-state index in [9.17, 15) is 15.3 Å². The first-order valence-electron chi connectivity index (χ1n) is 9.96. The van der Waals surface area contributed by atoms with Crippen LogP contribution in [0.1, 0.15) is 65.2 Å². The van der Waals surface area contributed by atoms with Crippen LogP contribution in [-0.2, 0) is 0 Å². The van der Waals surface area contributed by atoms with Gasteiger partial charge in [0.2, 0.25) is 0 Å². The van der Waals surface area contributed by atoms with Crippen molar-refractivity contribution in [3.05, 3.63) is 0 Å². The van der Waals surface area contributed by atoms with Crippen LogP contribution in [0.3, 0.4) is 0 Å². The van der Waals surface area contributed by atoms with E-state index in [2.05, 4.69) is 29.8 Å². The second kappa shape index (κ2) is 5.68. The highest BCUT2D eigenvalue weighted by atomic mass is 79.9. The fourth-order valence-corrected chi connectivity index (χ4v) is 8.80. The molecule has 4 fully saturated rings. The Balaban J connectivity index is 1.72. The number of hydrogen-bond donors (Lipinski definition) is 3. The van der Waals surface area contributed by atoms with Crippen molar-refractivity contribution >= 4 is 15.9 Å². The van der Waals surface area contributed by atoms with Gasteiger partial charge >= 0.3 is 0 Å². The fourth-order valence-electron chi connectivity index (χ4n) is 7.64. The first-order valence-corrected chi connectivity index (χ1v) is 10.8. The van der Waals surface area contributed by atoms with Crippen molar-refractivity contribution in [2.45, 2.75) is 81.7 Å². The fraction of sp³-hybridized carbons (Fsp3) is 1.00. The molecule has 0 spiro atoms. The number of rotatable bonds is 1. The van der Waals surface area contributed by atoms with E-state index in [0.717, 1.165) is 44.9 Å². The molecule has 0 heterocycles. The molecule has 0 saturated heterocycles. The molecule has 0 radical (unpaired) electrons. The first-order chi connectivity index (χ1) is 11.3. The predicted molar refractivity (Wildman–Crippen MR) is 97.9 cm³/mol. The van der Waals surface area contributed by atoms with Gasteiger partial charge in [0.25, 0.3) is 0 Å². The van der Waals surface area contributed by atoms with Crippen LogP contribution in [0.5, 0.6) is 0 Å². The van der Waals surface area contributed by atoms with Crippen LogP contribution >= 0.6 is 15.9 Å². The van der Waals surface area contributed by atoms with E-state index in [0.29, 0.717) is 17.8 Å². The van der Waals surface area contributed by atoms with Gasteiger partial charge in [0.1, 0.15) is 0 Å². The zero-order valence-corrected chi connectivity index (χ0v) is 16.6. The van der Waals surface area contributed by atoms with Crippen LogP contribution in [-0.4, -0.2) is 38.5 Å². The number of hydrogen-bond acceptors (Lipinski definition) is 3. The SMILES string of the molecule is C[C@@H]1[C@@H](O)CC[C@]2(CO)[C@H]3CC[C@]4(C)[C@@H](O)CC[C@H]4[C@@H]3CC[C@@]12Br. The summed E-state index contributed by atoms with van der Waals surface area (Å²) in [5.74, 6) is 1.94. The van der Waals surface area contributed by atoms with Gasteiger partial charge in [-0.25, -0.2) is 0 Å². The van der Waals surface area contributed by atoms with E-state index in [1.807, 2.05) is 0 Å². The number of aliphatic hydroxyl groups is 3. The van der Waals surface area contributed by atoms with Crippen LogP contribution in [0.4, 0.5) is 0 Å². The Labute approximate surface area is 154 Å². The Kier molecular flexibility index (Phi) is 4.20. The Morgan fingerprint density at radius 3 is 2.42 bits per heavy atom. The lowest BCUT2D eigenvalue weighted by Crippen LogP contribution is -2.66. The molecule has 138 valence electrons. The number of fused-ring (bicyclic) bond motifs is 5. The molecule has 0 aromatic heterocycles. The predicted octanol–water partition coefficient (Wildman–Crippen LogP) is 3.49. The highest BCUT2D eigenvalue weighted by molar-refractivity contribution is 9.10. The van der Waals surface area contributed by atoms with E-state index >= 15 is 0 Å². The molecule has 0 unspecified atom stereocenters. The van der Waals surface area contributed by atoms with Gasteiger partial charge in [-0.1, -0.05) is 29.8 Å². The van der Waals surface area contributed by atoms with Gasteiger partial charge in [0.15, 0.2) is 0 Å². The minimum absolute atomic E-state index is 0.0872. The maximum Gasteiger partial charge on any atom is 0.0596 e. The summed E-state index contributed by atoms with van der Waals surface area (Å²) < 4.78 is -0.140. The van der Waals surface area contributed by atoms with Gasteiger partial charge in [0.05, 0.1) is 18.8 Å². The highest BCUT2D eigenvalue weighted by Gasteiger charge is 2.67. The standard InChI is InChI=1S/C20H33BrO3/c1-12-16(23)7-9-19(11-22)15-6-8-18(2)14(3-4-17(18)24)13(15)5-10-20(12,19)21/h12-17,22-24H,3-11H2,1-2H3/t12-,13+,14+,15+,16+,17+,18+,19+,20-/m1/s1. The van der Waals surface area contributed by atoms with Crippen LogP contribution in [0, 0.1) is 34.5 Å². The average Bonchev–Trinajstić information content (AvgIpc) is 2.87. The van der Waals surface area contributed by atoms with Crippen LogP contribution in [0.15, 0.2) is 0 Å². The van der Waals surface area contributed by atoms with Crippen molar-refractivity contribution in [3.63, 3.8) is 0 Å². The summed E-state index contributed by atoms with van der Waals surface area (Å²) in [6, 6.07) is 0. The van der Waals surface area contributed by atoms with E-state index in [4.69, 9.17) is 0 Å². The molecule has 4 rings (SSSR count). The van der Waals surface area contributed by atoms with Crippen molar-refractivity contribution < 1.29 is 15.3 Å². The quantitative estimate of drug-likeness (QED) is 0.590. The smallest absolute Gasteiger partial charge is 0.0596 e. The zero-order chi connectivity index (χ0) is 17.3. The number of alkyl halides is 1. The molecule has 9 atom stereocenters. The summed E-state index contributed by atoms with van der Waals surface area (Å²) in [5.41, 5.74) is -0.0205. The third kappa shape index (κ3) is 2.00. The molecular formula is C20H33BrO3. The van der Waals surface area contributed by atoms with Crippen LogP contribution in [0.25, 0.3) is 0 Å². The second-order valence-electron chi connectivity index (χ2n) is 9.62. The Bertz CT molecular complexity index is 513. The molecule has 0 aromatic rings. The molecule has 4 saturated carbocycles. The van der Waals surface area contributed by atoms with E-state index in [-0.39, 0.29) is 39.9 Å². The Morgan fingerprint density at radius 1 is 0.958 bits per heavy atom. The van der Waals surface area contributed by atoms with E-state index in [1.54, 1.807) is 0 Å². The maximum absolute atomic E-state index is 10.6. The lowest BCUT2D eigenvalue weighted by Gasteiger charge is -2.66. The summed E-state index contributed by atoms with van der Waals surface area (Å²) in [7, 11) is 0. The van der Waals surface area contributed by atoms with Crippen molar-refractivity contribution in [1.82, 2.24) is 0 Å². The summed E-state index contributed by atoms with van der Waals surface area (Å²) in [6.07, 6.45) is 7.83. The second-order valence-corrected chi connectivity index (χ2v) is 11.0. The van der Waals surface area contributed by atoms with E-state index in [1.165, 1.54) is 6.42 Å². The number of halogens is 1. The maximum atomic E-state index is 10.6. The summed E-state index contributed by atoms with van der Waals surface area (Å²) >= 11 is 4.09. The molecule has 0 aliphatic heterocycles. The monoisotopic (exact) mass is 400 g/mol. The summed E-state index contributed by atoms with van der Waals surface area (Å²) in [6.45, 7) is 4.69. The number of aliphatic hydroxyl groups excluding tert-OH is 3. The van der Waals surface area contributed by atoms with Gasteiger partial charge in [-0.2, -0.15) is 0 Å². The normalized spacial score (nSPS) is 60.2. The summed E-state index contributed by atoms with van der Waals surface area (Å²) in [4.78, 5) is 0. The molecule has 3 N–H and O–H groups in total. The van der Waals surface area contributed by atoms with Gasteiger partial charge in [0, 0.05) is 9.74 Å². The van der Waals surface area contributed by atoms with Crippen LogP contribution in [0.2, 0.25) is 0 Å². The molecule has 0 amide bonds. The van der Waals surface area contributed by atoms with Gasteiger partial charge in [-0.3, -0.25) is 0 Å². The molecule has 4 heteroatoms. The van der Waals surface area contributed by atoms with Gasteiger partial charge in [-0.15, -0.1) is 0 Å². The third-order valence-corrected chi connectivity index (χ3v) is 11.1. The molecular weight excluding hydrogens is 368 g/mol. The Morgan fingerprint density at radius 2 is 1.71 bits per heavy atom. The Hall–Kier alpha value is 0.360. The molecule has 4 aliphatic rings. The zero-order valence-electron chi connectivity index (χ0n) is 15.0. The van der Waals surface area contributed by atoms with E-state index < -0.39 is 0 Å². The minimum atomic E-state index is -0.261. The molecule has 0 bridgehead atoms. The van der Waals surface area contributed by atoms with Crippen molar-refractivity contribution in [1.29, 1.82) is 0 Å². The summed E-state index contributed by atoms with van der Waals surface area (Å²) in [5, 5.41) is 31.6. The van der Waals surface area contributed by atoms with Gasteiger partial charge < -0.3 is 15.3 Å². The highest BCUT2D eigenvalue weighted by Crippen LogP contribution is 2.70. The van der Waals surface area contributed by atoms with Crippen molar-refractivity contribution in [2.24, 2.45) is 34.5 Å². The lowest BCUT2D eigenvalue weighted by molar-refractivity contribution is -0.159. The average molecular weight is 401 g/mol. The third-order valence-electron chi connectivity index (χ3n) is 9.23.